The molecule has 0 aliphatic carbocycles. The fourth-order valence-corrected chi connectivity index (χ4v) is 3.19. The van der Waals surface area contributed by atoms with Crippen molar-refractivity contribution in [1.29, 1.82) is 0 Å². The lowest BCUT2D eigenvalue weighted by Crippen LogP contribution is -2.47. The van der Waals surface area contributed by atoms with Crippen LogP contribution in [0.25, 0.3) is 0 Å². The highest BCUT2D eigenvalue weighted by Crippen LogP contribution is 2.22. The number of ether oxygens (including phenoxy) is 1. The van der Waals surface area contributed by atoms with Gasteiger partial charge in [-0.15, -0.1) is 0 Å². The summed E-state index contributed by atoms with van der Waals surface area (Å²) >= 11 is 0. The molecule has 0 aromatic heterocycles. The molecule has 100 valence electrons. The largest absolute Gasteiger partial charge is 0.378 e. The van der Waals surface area contributed by atoms with Crippen LogP contribution in [0.4, 0.5) is 0 Å². The first-order chi connectivity index (χ1) is 8.31. The summed E-state index contributed by atoms with van der Waals surface area (Å²) < 4.78 is 5.72. The quantitative estimate of drug-likeness (QED) is 0.768. The molecule has 17 heavy (non-hydrogen) atoms. The van der Waals surface area contributed by atoms with Gasteiger partial charge in [0.1, 0.15) is 0 Å². The second kappa shape index (κ2) is 6.72. The van der Waals surface area contributed by atoms with E-state index in [9.17, 15) is 0 Å². The molecule has 0 spiro atoms. The van der Waals surface area contributed by atoms with Crippen LogP contribution in [0.3, 0.4) is 0 Å². The smallest absolute Gasteiger partial charge is 0.0613 e. The molecule has 0 bridgehead atoms. The van der Waals surface area contributed by atoms with E-state index in [1.54, 1.807) is 0 Å². The van der Waals surface area contributed by atoms with Gasteiger partial charge in [-0.05, 0) is 44.1 Å². The van der Waals surface area contributed by atoms with Gasteiger partial charge in [0.05, 0.1) is 6.10 Å². The van der Waals surface area contributed by atoms with Gasteiger partial charge < -0.3 is 15.4 Å². The van der Waals surface area contributed by atoms with Crippen molar-refractivity contribution in [3.8, 4) is 0 Å². The maximum atomic E-state index is 5.72. The number of nitrogens with one attached hydrogen (secondary N) is 2. The molecule has 2 fully saturated rings. The normalized spacial score (nSPS) is 38.5. The third-order valence-corrected chi connectivity index (χ3v) is 4.45. The van der Waals surface area contributed by atoms with Crippen molar-refractivity contribution in [2.45, 2.75) is 51.7 Å². The summed E-state index contributed by atoms with van der Waals surface area (Å²) in [5.74, 6) is 1.55. The Morgan fingerprint density at radius 2 is 2.18 bits per heavy atom. The average Bonchev–Trinajstić information content (AvgIpc) is 2.79. The minimum absolute atomic E-state index is 0.499. The molecule has 2 aliphatic heterocycles. The molecule has 2 heterocycles. The Labute approximate surface area is 106 Å². The van der Waals surface area contributed by atoms with Gasteiger partial charge in [-0.2, -0.15) is 0 Å². The molecule has 4 unspecified atom stereocenters. The van der Waals surface area contributed by atoms with Crippen molar-refractivity contribution >= 4 is 0 Å². The van der Waals surface area contributed by atoms with Crippen molar-refractivity contribution in [1.82, 2.24) is 10.6 Å². The van der Waals surface area contributed by atoms with E-state index >= 15 is 0 Å². The molecule has 0 radical (unpaired) electrons. The summed E-state index contributed by atoms with van der Waals surface area (Å²) in [6, 6.07) is 0.672. The van der Waals surface area contributed by atoms with Crippen molar-refractivity contribution < 1.29 is 4.74 Å². The van der Waals surface area contributed by atoms with E-state index in [4.69, 9.17) is 4.74 Å². The maximum absolute atomic E-state index is 5.72. The molecule has 3 heteroatoms. The van der Waals surface area contributed by atoms with Gasteiger partial charge in [0.15, 0.2) is 0 Å². The number of rotatable bonds is 5. The van der Waals surface area contributed by atoms with E-state index < -0.39 is 0 Å². The van der Waals surface area contributed by atoms with Gasteiger partial charge in [-0.3, -0.25) is 0 Å². The first-order valence-electron chi connectivity index (χ1n) is 7.37. The summed E-state index contributed by atoms with van der Waals surface area (Å²) in [5, 5.41) is 7.27. The molecular formula is C14H28N2O. The molecule has 2 saturated heterocycles. The van der Waals surface area contributed by atoms with Gasteiger partial charge >= 0.3 is 0 Å². The molecule has 2 aliphatic rings. The van der Waals surface area contributed by atoms with Gasteiger partial charge in [-0.25, -0.2) is 0 Å². The zero-order chi connectivity index (χ0) is 12.1. The molecular weight excluding hydrogens is 212 g/mol. The highest BCUT2D eigenvalue weighted by atomic mass is 16.5. The third kappa shape index (κ3) is 3.67. The SMILES string of the molecule is CCC1OCCC1CNCC1NCCCC1C. The second-order valence-corrected chi connectivity index (χ2v) is 5.70. The van der Waals surface area contributed by atoms with Crippen LogP contribution in [-0.4, -0.2) is 38.4 Å². The summed E-state index contributed by atoms with van der Waals surface area (Å²) in [6.07, 6.45) is 5.61. The Morgan fingerprint density at radius 3 is 2.94 bits per heavy atom. The Morgan fingerprint density at radius 1 is 1.29 bits per heavy atom. The van der Waals surface area contributed by atoms with E-state index in [-0.39, 0.29) is 0 Å². The Hall–Kier alpha value is -0.120. The first kappa shape index (κ1) is 13.3. The summed E-state index contributed by atoms with van der Waals surface area (Å²) in [7, 11) is 0. The summed E-state index contributed by atoms with van der Waals surface area (Å²) in [5.41, 5.74) is 0. The van der Waals surface area contributed by atoms with Gasteiger partial charge in [0, 0.05) is 25.7 Å². The van der Waals surface area contributed by atoms with Crippen LogP contribution in [0.2, 0.25) is 0 Å². The third-order valence-electron chi connectivity index (χ3n) is 4.45. The zero-order valence-electron chi connectivity index (χ0n) is 11.4. The molecule has 0 amide bonds. The van der Waals surface area contributed by atoms with Crippen LogP contribution >= 0.6 is 0 Å². The van der Waals surface area contributed by atoms with Crippen molar-refractivity contribution in [3.05, 3.63) is 0 Å². The number of hydrogen-bond donors (Lipinski definition) is 2. The van der Waals surface area contributed by atoms with E-state index in [1.807, 2.05) is 0 Å². The monoisotopic (exact) mass is 240 g/mol. The number of piperidine rings is 1. The predicted molar refractivity (Wildman–Crippen MR) is 71.2 cm³/mol. The lowest BCUT2D eigenvalue weighted by molar-refractivity contribution is 0.0869. The zero-order valence-corrected chi connectivity index (χ0v) is 11.4. The molecule has 0 aromatic carbocycles. The minimum Gasteiger partial charge on any atom is -0.378 e. The minimum atomic E-state index is 0.499. The maximum Gasteiger partial charge on any atom is 0.0613 e. The lowest BCUT2D eigenvalue weighted by atomic mass is 9.92. The predicted octanol–water partition coefficient (Wildman–Crippen LogP) is 1.78. The lowest BCUT2D eigenvalue weighted by Gasteiger charge is -2.31. The van der Waals surface area contributed by atoms with E-state index in [2.05, 4.69) is 24.5 Å². The molecule has 3 nitrogen and oxygen atoms in total. The van der Waals surface area contributed by atoms with Crippen molar-refractivity contribution in [2.75, 3.05) is 26.2 Å². The summed E-state index contributed by atoms with van der Waals surface area (Å²) in [4.78, 5) is 0. The fraction of sp³-hybridized carbons (Fsp3) is 1.00. The van der Waals surface area contributed by atoms with Gasteiger partial charge in [-0.1, -0.05) is 13.8 Å². The van der Waals surface area contributed by atoms with E-state index in [1.165, 1.54) is 25.8 Å². The van der Waals surface area contributed by atoms with Crippen molar-refractivity contribution in [2.24, 2.45) is 11.8 Å². The number of hydrogen-bond acceptors (Lipinski definition) is 3. The molecule has 2 rings (SSSR count). The second-order valence-electron chi connectivity index (χ2n) is 5.70. The highest BCUT2D eigenvalue weighted by Gasteiger charge is 2.27. The molecule has 0 saturated carbocycles. The van der Waals surface area contributed by atoms with Gasteiger partial charge in [0.25, 0.3) is 0 Å². The molecule has 0 aromatic rings. The topological polar surface area (TPSA) is 33.3 Å². The summed E-state index contributed by atoms with van der Waals surface area (Å²) in [6.45, 7) is 9.00. The van der Waals surface area contributed by atoms with Crippen LogP contribution < -0.4 is 10.6 Å². The van der Waals surface area contributed by atoms with Crippen LogP contribution in [0.15, 0.2) is 0 Å². The van der Waals surface area contributed by atoms with E-state index in [0.29, 0.717) is 12.1 Å². The van der Waals surface area contributed by atoms with Crippen LogP contribution in [0.1, 0.15) is 39.5 Å². The van der Waals surface area contributed by atoms with Crippen LogP contribution in [-0.2, 0) is 4.74 Å². The van der Waals surface area contributed by atoms with Crippen LogP contribution in [0, 0.1) is 11.8 Å². The average molecular weight is 240 g/mol. The van der Waals surface area contributed by atoms with Crippen molar-refractivity contribution in [3.63, 3.8) is 0 Å². The Kier molecular flexibility index (Phi) is 5.26. The molecule has 2 N–H and O–H groups in total. The van der Waals surface area contributed by atoms with Crippen LogP contribution in [0.5, 0.6) is 0 Å². The van der Waals surface area contributed by atoms with E-state index in [0.717, 1.165) is 38.0 Å². The van der Waals surface area contributed by atoms with Gasteiger partial charge in [0.2, 0.25) is 0 Å². The first-order valence-corrected chi connectivity index (χ1v) is 7.37. The Bertz CT molecular complexity index is 220. The Balaban J connectivity index is 1.65. The molecule has 4 atom stereocenters. The standard InChI is InChI=1S/C14H28N2O/c1-3-14-12(6-8-17-14)9-15-10-13-11(2)5-4-7-16-13/h11-16H,3-10H2,1-2H3. The highest BCUT2D eigenvalue weighted by molar-refractivity contribution is 4.82. The fourth-order valence-electron chi connectivity index (χ4n) is 3.19.